The van der Waals surface area contributed by atoms with Gasteiger partial charge in [0.15, 0.2) is 11.4 Å². The molecule has 0 N–H and O–H groups in total. The van der Waals surface area contributed by atoms with Crippen molar-refractivity contribution in [2.75, 3.05) is 0 Å². The normalized spacial score (nSPS) is 13.8. The van der Waals surface area contributed by atoms with E-state index in [1.807, 2.05) is 18.2 Å². The molecule has 12 rings (SSSR count). The minimum Gasteiger partial charge on any atom is -0.454 e. The minimum atomic E-state index is 0.322. The molecule has 0 amide bonds. The molecule has 296 valence electrons. The Kier molecular flexibility index (Phi) is 8.93. The van der Waals surface area contributed by atoms with Gasteiger partial charge in [0.2, 0.25) is 0 Å². The standard InChI is InChI=1S/C59H39N3O/c1-3-13-38(14-4-1)40-25-29-43(30-26-40)52-37-53(61-59(60-52)44-31-27-41(28-32-44)39-15-5-2-6-16-39)47-20-11-18-45(35-47)46-19-12-21-48(36-46)56-58-55(50-23-9-10-24-54(50)63-58)51-34-33-42-17-7-8-22-49(42)57(51)62-56/h1-27,29-37,41H,28H2. The molecule has 0 saturated carbocycles. The van der Waals surface area contributed by atoms with Crippen LogP contribution in [0.1, 0.15) is 23.7 Å². The van der Waals surface area contributed by atoms with Crippen molar-refractivity contribution in [3.05, 3.63) is 230 Å². The van der Waals surface area contributed by atoms with Gasteiger partial charge in [-0.05, 0) is 63.9 Å². The first-order valence-electron chi connectivity index (χ1n) is 21.5. The summed E-state index contributed by atoms with van der Waals surface area (Å²) in [7, 11) is 0. The number of benzene rings is 8. The molecule has 1 aliphatic rings. The molecule has 11 aromatic rings. The number of fused-ring (bicyclic) bond motifs is 7. The maximum Gasteiger partial charge on any atom is 0.162 e. The average Bonchev–Trinajstić information content (AvgIpc) is 3.77. The van der Waals surface area contributed by atoms with E-state index < -0.39 is 0 Å². The van der Waals surface area contributed by atoms with Crippen molar-refractivity contribution in [3.63, 3.8) is 0 Å². The third-order valence-corrected chi connectivity index (χ3v) is 12.4. The van der Waals surface area contributed by atoms with Crippen LogP contribution in [0.15, 0.2) is 223 Å². The molecule has 3 aromatic heterocycles. The van der Waals surface area contributed by atoms with Crippen molar-refractivity contribution in [3.8, 4) is 56.0 Å². The molecular formula is C59H39N3O. The van der Waals surface area contributed by atoms with Gasteiger partial charge in [0.05, 0.1) is 16.9 Å². The zero-order valence-electron chi connectivity index (χ0n) is 34.3. The Bertz CT molecular complexity index is 3590. The summed E-state index contributed by atoms with van der Waals surface area (Å²) in [5.41, 5.74) is 15.1. The van der Waals surface area contributed by atoms with E-state index >= 15 is 0 Å². The van der Waals surface area contributed by atoms with Gasteiger partial charge in [-0.1, -0.05) is 194 Å². The highest BCUT2D eigenvalue weighted by atomic mass is 16.3. The van der Waals surface area contributed by atoms with Crippen LogP contribution in [0.3, 0.4) is 0 Å². The van der Waals surface area contributed by atoms with E-state index in [1.165, 1.54) is 16.7 Å². The van der Waals surface area contributed by atoms with Crippen LogP contribution < -0.4 is 0 Å². The van der Waals surface area contributed by atoms with Crippen molar-refractivity contribution in [2.45, 2.75) is 12.3 Å². The number of nitrogens with zero attached hydrogens (tertiary/aromatic N) is 3. The largest absolute Gasteiger partial charge is 0.454 e. The topological polar surface area (TPSA) is 51.8 Å². The van der Waals surface area contributed by atoms with Crippen molar-refractivity contribution in [1.29, 1.82) is 0 Å². The maximum absolute atomic E-state index is 6.66. The molecule has 0 bridgehead atoms. The van der Waals surface area contributed by atoms with Gasteiger partial charge in [0.25, 0.3) is 0 Å². The molecule has 4 heteroatoms. The second kappa shape index (κ2) is 15.4. The fourth-order valence-electron chi connectivity index (χ4n) is 9.19. The second-order valence-corrected chi connectivity index (χ2v) is 16.3. The highest BCUT2D eigenvalue weighted by Crippen LogP contribution is 2.42. The zero-order valence-corrected chi connectivity index (χ0v) is 34.3. The maximum atomic E-state index is 6.66. The smallest absolute Gasteiger partial charge is 0.162 e. The van der Waals surface area contributed by atoms with E-state index in [1.54, 1.807) is 0 Å². The number of pyridine rings is 1. The lowest BCUT2D eigenvalue weighted by atomic mass is 9.90. The van der Waals surface area contributed by atoms with Crippen LogP contribution in [0, 0.1) is 0 Å². The number of aromatic nitrogens is 3. The molecule has 63 heavy (non-hydrogen) atoms. The molecule has 4 nitrogen and oxygen atoms in total. The Morgan fingerprint density at radius 2 is 1.06 bits per heavy atom. The monoisotopic (exact) mass is 805 g/mol. The van der Waals surface area contributed by atoms with Crippen LogP contribution in [0.5, 0.6) is 0 Å². The molecule has 1 unspecified atom stereocenters. The third kappa shape index (κ3) is 6.70. The molecule has 0 radical (unpaired) electrons. The van der Waals surface area contributed by atoms with E-state index in [-0.39, 0.29) is 0 Å². The van der Waals surface area contributed by atoms with Gasteiger partial charge in [0, 0.05) is 49.7 Å². The molecule has 0 saturated heterocycles. The molecule has 1 atom stereocenters. The van der Waals surface area contributed by atoms with Gasteiger partial charge in [-0.25, -0.2) is 15.0 Å². The highest BCUT2D eigenvalue weighted by Gasteiger charge is 2.20. The van der Waals surface area contributed by atoms with Crippen LogP contribution in [-0.2, 0) is 0 Å². The summed E-state index contributed by atoms with van der Waals surface area (Å²) in [6, 6.07) is 70.4. The fraction of sp³-hybridized carbons (Fsp3) is 0.0339. The van der Waals surface area contributed by atoms with Crippen molar-refractivity contribution in [1.82, 2.24) is 15.0 Å². The van der Waals surface area contributed by atoms with Gasteiger partial charge >= 0.3 is 0 Å². The zero-order chi connectivity index (χ0) is 41.7. The van der Waals surface area contributed by atoms with Crippen LogP contribution in [0.25, 0.3) is 105 Å². The molecular weight excluding hydrogens is 767 g/mol. The number of hydrogen-bond acceptors (Lipinski definition) is 4. The first kappa shape index (κ1) is 36.6. The average molecular weight is 806 g/mol. The van der Waals surface area contributed by atoms with Crippen molar-refractivity contribution in [2.24, 2.45) is 0 Å². The van der Waals surface area contributed by atoms with Gasteiger partial charge in [-0.2, -0.15) is 0 Å². The van der Waals surface area contributed by atoms with E-state index in [9.17, 15) is 0 Å². The van der Waals surface area contributed by atoms with Gasteiger partial charge in [0.1, 0.15) is 11.3 Å². The van der Waals surface area contributed by atoms with E-state index in [4.69, 9.17) is 19.4 Å². The molecule has 0 aliphatic heterocycles. The number of hydrogen-bond donors (Lipinski definition) is 0. The van der Waals surface area contributed by atoms with Crippen LogP contribution in [-0.4, -0.2) is 15.0 Å². The lowest BCUT2D eigenvalue weighted by Gasteiger charge is -2.17. The summed E-state index contributed by atoms with van der Waals surface area (Å²) in [6.07, 6.45) is 7.64. The first-order valence-corrected chi connectivity index (χ1v) is 21.5. The fourth-order valence-corrected chi connectivity index (χ4v) is 9.19. The van der Waals surface area contributed by atoms with Gasteiger partial charge in [-0.15, -0.1) is 0 Å². The van der Waals surface area contributed by atoms with Crippen LogP contribution in [0.2, 0.25) is 0 Å². The highest BCUT2D eigenvalue weighted by molar-refractivity contribution is 6.24. The summed E-state index contributed by atoms with van der Waals surface area (Å²) in [5.74, 6) is 1.04. The summed E-state index contributed by atoms with van der Waals surface area (Å²) >= 11 is 0. The van der Waals surface area contributed by atoms with E-state index in [0.29, 0.717) is 5.92 Å². The molecule has 0 spiro atoms. The Balaban J connectivity index is 0.957. The molecule has 0 fully saturated rings. The van der Waals surface area contributed by atoms with Crippen LogP contribution >= 0.6 is 0 Å². The van der Waals surface area contributed by atoms with E-state index in [2.05, 4.69) is 200 Å². The van der Waals surface area contributed by atoms with Crippen molar-refractivity contribution >= 4 is 49.2 Å². The first-order chi connectivity index (χ1) is 31.2. The number of rotatable bonds is 7. The van der Waals surface area contributed by atoms with Gasteiger partial charge in [-0.3, -0.25) is 0 Å². The third-order valence-electron chi connectivity index (χ3n) is 12.4. The van der Waals surface area contributed by atoms with Crippen molar-refractivity contribution < 1.29 is 4.42 Å². The summed E-state index contributed by atoms with van der Waals surface area (Å²) in [4.78, 5) is 15.9. The van der Waals surface area contributed by atoms with Gasteiger partial charge < -0.3 is 4.42 Å². The SMILES string of the molecule is C1=CC(c2ccccc2)CC=C1c1nc(-c2ccc(-c3ccccc3)cc2)cc(-c2cccc(-c3cccc(-c4nc5c6ccccc6ccc5c5c4oc4ccccc45)c3)c2)n1. The number of para-hydroxylation sites is 1. The van der Waals surface area contributed by atoms with E-state index in [0.717, 1.165) is 106 Å². The summed E-state index contributed by atoms with van der Waals surface area (Å²) < 4.78 is 6.66. The Morgan fingerprint density at radius 3 is 1.84 bits per heavy atom. The molecule has 8 aromatic carbocycles. The predicted molar refractivity (Wildman–Crippen MR) is 260 cm³/mol. The Hall–Kier alpha value is -8.21. The second-order valence-electron chi connectivity index (χ2n) is 16.3. The number of allylic oxidation sites excluding steroid dienone is 4. The quantitative estimate of drug-likeness (QED) is 0.151. The Morgan fingerprint density at radius 1 is 0.444 bits per heavy atom. The lowest BCUT2D eigenvalue weighted by Crippen LogP contribution is -2.03. The lowest BCUT2D eigenvalue weighted by molar-refractivity contribution is 0.669. The summed E-state index contributed by atoms with van der Waals surface area (Å²) in [5, 5.41) is 5.55. The minimum absolute atomic E-state index is 0.322. The predicted octanol–water partition coefficient (Wildman–Crippen LogP) is 15.5. The van der Waals surface area contributed by atoms with Crippen LogP contribution in [0.4, 0.5) is 0 Å². The number of furan rings is 1. The Labute approximate surface area is 365 Å². The molecule has 3 heterocycles. The summed E-state index contributed by atoms with van der Waals surface area (Å²) in [6.45, 7) is 0. The molecule has 1 aliphatic carbocycles.